The van der Waals surface area contributed by atoms with E-state index >= 15 is 0 Å². The normalized spacial score (nSPS) is 47.1. The molecule has 1 aliphatic heterocycles. The molecule has 4 fully saturated rings. The van der Waals surface area contributed by atoms with E-state index in [1.165, 1.54) is 11.1 Å². The lowest BCUT2D eigenvalue weighted by molar-refractivity contribution is -0.344. The second kappa shape index (κ2) is 12.3. The maximum Gasteiger partial charge on any atom is 0.330 e. The van der Waals surface area contributed by atoms with Gasteiger partial charge in [0, 0.05) is 11.0 Å². The molecule has 5 aliphatic rings. The van der Waals surface area contributed by atoms with Crippen LogP contribution in [0.1, 0.15) is 106 Å². The molecule has 0 bridgehead atoms. The predicted molar refractivity (Wildman–Crippen MR) is 169 cm³/mol. The Morgan fingerprint density at radius 2 is 1.69 bits per heavy atom. The summed E-state index contributed by atoms with van der Waals surface area (Å²) in [6.45, 7) is 14.9. The number of aliphatic carboxylic acids is 1. The summed E-state index contributed by atoms with van der Waals surface area (Å²) in [6.07, 6.45) is 2.21. The molecule has 5 rings (SSSR count). The monoisotopic (exact) mass is 634 g/mol. The van der Waals surface area contributed by atoms with Gasteiger partial charge in [0.25, 0.3) is 0 Å². The van der Waals surface area contributed by atoms with E-state index in [2.05, 4.69) is 41.5 Å². The van der Waals surface area contributed by atoms with Crippen LogP contribution in [0.3, 0.4) is 0 Å². The second-order valence-corrected chi connectivity index (χ2v) is 16.4. The van der Waals surface area contributed by atoms with E-state index in [0.717, 1.165) is 44.9 Å². The molecule has 9 nitrogen and oxygen atoms in total. The third-order valence-corrected chi connectivity index (χ3v) is 14.1. The van der Waals surface area contributed by atoms with Crippen molar-refractivity contribution in [1.29, 1.82) is 0 Å². The Labute approximate surface area is 268 Å². The molecule has 9 heteroatoms. The number of ether oxygens (including phenoxy) is 2. The average Bonchev–Trinajstić information content (AvgIpc) is 3.34. The number of aliphatic hydroxyl groups excluding tert-OH is 5. The Hall–Kier alpha value is -1.33. The van der Waals surface area contributed by atoms with Gasteiger partial charge in [-0.05, 0) is 98.7 Å². The first-order valence-electron chi connectivity index (χ1n) is 17.2. The van der Waals surface area contributed by atoms with Crippen LogP contribution >= 0.6 is 0 Å². The van der Waals surface area contributed by atoms with Gasteiger partial charge in [-0.3, -0.25) is 0 Å². The summed E-state index contributed by atoms with van der Waals surface area (Å²) in [4.78, 5) is 11.3. The van der Waals surface area contributed by atoms with Gasteiger partial charge in [0.1, 0.15) is 24.4 Å². The highest BCUT2D eigenvalue weighted by Gasteiger charge is 2.70. The first-order valence-corrected chi connectivity index (χ1v) is 17.2. The van der Waals surface area contributed by atoms with Gasteiger partial charge in [0.05, 0.1) is 18.8 Å². The average molecular weight is 635 g/mol. The standard InChI is InChI=1S/C36H58O9/c1-19(9-8-10-20(2)31(42)43)21-13-16-35(6)22(21)11-12-24-34(5)15-14-26(38)33(3,4)25(34)17-27(36(24,35)7)45-32-30(41)29(40)28(39)23(18-37)44-32/h10,19,23-30,32,37-41H,8-9,11-18H2,1-7H3,(H,42,43)/b20-10-/t19-,23+,24+,25-,26+,27+,28+,29-,30+,32-,34+,35+,36-/m0/s1. The Balaban J connectivity index is 1.54. The third kappa shape index (κ3) is 5.37. The van der Waals surface area contributed by atoms with Crippen molar-refractivity contribution >= 4 is 5.97 Å². The number of hydrogen-bond donors (Lipinski definition) is 6. The van der Waals surface area contributed by atoms with E-state index in [9.17, 15) is 35.4 Å². The largest absolute Gasteiger partial charge is 0.478 e. The number of carbonyl (C=O) groups is 1. The molecule has 0 radical (unpaired) electrons. The first kappa shape index (κ1) is 35.0. The zero-order valence-corrected chi connectivity index (χ0v) is 28.3. The van der Waals surface area contributed by atoms with E-state index in [4.69, 9.17) is 9.47 Å². The molecule has 1 heterocycles. The molecule has 256 valence electrons. The topological polar surface area (TPSA) is 157 Å². The number of aliphatic hydroxyl groups is 5. The SMILES string of the molecule is C/C(=C/CC[C@H](C)C1=C2CC[C@@H]3[C@@]4(C)CC[C@@H](O)C(C)(C)[C@@H]4C[C@@H](O[C@@H]4O[C@H](CO)[C@@H](O)[C@H](O)[C@H]4O)[C@@]3(C)[C@]2(C)CC1)C(=O)O. The summed E-state index contributed by atoms with van der Waals surface area (Å²) in [5, 5.41) is 62.5. The van der Waals surface area contributed by atoms with Crippen LogP contribution in [-0.4, -0.2) is 86.1 Å². The van der Waals surface area contributed by atoms with E-state index in [1.54, 1.807) is 6.92 Å². The Bertz CT molecular complexity index is 1190. The maximum atomic E-state index is 11.3. The molecule has 0 spiro atoms. The number of carboxylic acids is 1. The lowest BCUT2D eigenvalue weighted by Crippen LogP contribution is -2.69. The molecule has 13 atom stereocenters. The minimum absolute atomic E-state index is 0.0330. The lowest BCUT2D eigenvalue weighted by atomic mass is 9.35. The maximum absolute atomic E-state index is 11.3. The Morgan fingerprint density at radius 1 is 1.00 bits per heavy atom. The zero-order valence-electron chi connectivity index (χ0n) is 28.3. The van der Waals surface area contributed by atoms with Gasteiger partial charge >= 0.3 is 5.97 Å². The predicted octanol–water partition coefficient (Wildman–Crippen LogP) is 4.34. The Morgan fingerprint density at radius 3 is 2.33 bits per heavy atom. The highest BCUT2D eigenvalue weighted by atomic mass is 16.7. The van der Waals surface area contributed by atoms with Crippen molar-refractivity contribution in [2.75, 3.05) is 6.61 Å². The fourth-order valence-corrected chi connectivity index (χ4v) is 11.1. The number of carboxylic acid groups (broad SMARTS) is 1. The third-order valence-electron chi connectivity index (χ3n) is 14.1. The van der Waals surface area contributed by atoms with Crippen molar-refractivity contribution in [2.24, 2.45) is 39.4 Å². The van der Waals surface area contributed by atoms with Crippen LogP contribution in [0.4, 0.5) is 0 Å². The van der Waals surface area contributed by atoms with Gasteiger partial charge in [-0.1, -0.05) is 58.8 Å². The van der Waals surface area contributed by atoms with Crippen molar-refractivity contribution < 1.29 is 44.9 Å². The lowest BCUT2D eigenvalue weighted by Gasteiger charge is -2.71. The molecular formula is C36H58O9. The van der Waals surface area contributed by atoms with E-state index in [-0.39, 0.29) is 39.6 Å². The summed E-state index contributed by atoms with van der Waals surface area (Å²) >= 11 is 0. The van der Waals surface area contributed by atoms with Crippen LogP contribution in [0.25, 0.3) is 0 Å². The molecule has 0 amide bonds. The highest BCUT2D eigenvalue weighted by molar-refractivity contribution is 5.85. The van der Waals surface area contributed by atoms with Crippen molar-refractivity contribution in [3.63, 3.8) is 0 Å². The summed E-state index contributed by atoms with van der Waals surface area (Å²) in [5.41, 5.74) is 2.42. The second-order valence-electron chi connectivity index (χ2n) is 16.4. The van der Waals surface area contributed by atoms with E-state index < -0.39 is 49.4 Å². The molecule has 0 unspecified atom stereocenters. The van der Waals surface area contributed by atoms with Crippen LogP contribution in [0.5, 0.6) is 0 Å². The Kier molecular flexibility index (Phi) is 9.55. The quantitative estimate of drug-likeness (QED) is 0.130. The molecule has 0 aromatic rings. The van der Waals surface area contributed by atoms with Gasteiger partial charge in [-0.15, -0.1) is 0 Å². The number of rotatable bonds is 8. The summed E-state index contributed by atoms with van der Waals surface area (Å²) in [6, 6.07) is 0. The number of fused-ring (bicyclic) bond motifs is 5. The van der Waals surface area contributed by atoms with Crippen molar-refractivity contribution in [3.05, 3.63) is 22.8 Å². The van der Waals surface area contributed by atoms with Gasteiger partial charge in [0.2, 0.25) is 0 Å². The van der Waals surface area contributed by atoms with Crippen molar-refractivity contribution in [3.8, 4) is 0 Å². The van der Waals surface area contributed by atoms with Gasteiger partial charge < -0.3 is 40.1 Å². The molecule has 1 saturated heterocycles. The molecule has 0 aromatic heterocycles. The van der Waals surface area contributed by atoms with Gasteiger partial charge in [-0.2, -0.15) is 0 Å². The van der Waals surface area contributed by atoms with Crippen LogP contribution in [-0.2, 0) is 14.3 Å². The van der Waals surface area contributed by atoms with Gasteiger partial charge in [-0.25, -0.2) is 4.79 Å². The number of allylic oxidation sites excluding steroid dienone is 3. The summed E-state index contributed by atoms with van der Waals surface area (Å²) < 4.78 is 12.8. The molecule has 6 N–H and O–H groups in total. The molecule has 0 aromatic carbocycles. The van der Waals surface area contributed by atoms with Crippen LogP contribution in [0, 0.1) is 39.4 Å². The molecule has 45 heavy (non-hydrogen) atoms. The van der Waals surface area contributed by atoms with E-state index in [1.807, 2.05) is 6.08 Å². The number of hydrogen-bond acceptors (Lipinski definition) is 8. The highest BCUT2D eigenvalue weighted by Crippen LogP contribution is 2.75. The van der Waals surface area contributed by atoms with Crippen LogP contribution in [0.15, 0.2) is 22.8 Å². The van der Waals surface area contributed by atoms with Crippen molar-refractivity contribution in [2.45, 2.75) is 149 Å². The molecule has 3 saturated carbocycles. The minimum Gasteiger partial charge on any atom is -0.478 e. The first-order chi connectivity index (χ1) is 20.9. The van der Waals surface area contributed by atoms with Crippen LogP contribution in [0.2, 0.25) is 0 Å². The van der Waals surface area contributed by atoms with E-state index in [0.29, 0.717) is 24.3 Å². The zero-order chi connectivity index (χ0) is 33.3. The fraction of sp³-hybridized carbons (Fsp3) is 0.861. The smallest absolute Gasteiger partial charge is 0.330 e. The molecule has 4 aliphatic carbocycles. The summed E-state index contributed by atoms with van der Waals surface area (Å²) in [7, 11) is 0. The minimum atomic E-state index is -1.51. The van der Waals surface area contributed by atoms with Crippen LogP contribution < -0.4 is 0 Å². The summed E-state index contributed by atoms with van der Waals surface area (Å²) in [5.74, 6) is -0.132. The van der Waals surface area contributed by atoms with Gasteiger partial charge in [0.15, 0.2) is 6.29 Å². The fourth-order valence-electron chi connectivity index (χ4n) is 11.1. The van der Waals surface area contributed by atoms with Crippen molar-refractivity contribution in [1.82, 2.24) is 0 Å². The molecular weight excluding hydrogens is 576 g/mol.